The van der Waals surface area contributed by atoms with E-state index in [2.05, 4.69) is 6.08 Å². The number of allylic oxidation sites excluding steroid dienone is 5. The van der Waals surface area contributed by atoms with Crippen LogP contribution in [0.2, 0.25) is 0 Å². The van der Waals surface area contributed by atoms with Crippen LogP contribution in [0.5, 0.6) is 0 Å². The summed E-state index contributed by atoms with van der Waals surface area (Å²) in [4.78, 5) is 24.3. The molecule has 0 atom stereocenters. The van der Waals surface area contributed by atoms with Gasteiger partial charge in [-0.2, -0.15) is 0 Å². The van der Waals surface area contributed by atoms with Crippen molar-refractivity contribution in [1.29, 1.82) is 0 Å². The smallest absolute Gasteiger partial charge is 0.327 e. The van der Waals surface area contributed by atoms with Crippen LogP contribution in [-0.2, 0) is 19.1 Å². The Labute approximate surface area is 120 Å². The molecular formula is C16H22O4. The molecule has 0 saturated carbocycles. The van der Waals surface area contributed by atoms with E-state index in [0.717, 1.165) is 18.4 Å². The van der Waals surface area contributed by atoms with Gasteiger partial charge in [0, 0.05) is 0 Å². The van der Waals surface area contributed by atoms with E-state index < -0.39 is 17.4 Å². The molecule has 1 aliphatic rings. The van der Waals surface area contributed by atoms with Gasteiger partial charge in [0.1, 0.15) is 0 Å². The Morgan fingerprint density at radius 1 is 1.30 bits per heavy atom. The van der Waals surface area contributed by atoms with Crippen molar-refractivity contribution in [3.05, 3.63) is 35.5 Å². The van der Waals surface area contributed by atoms with E-state index in [1.165, 1.54) is 19.8 Å². The van der Waals surface area contributed by atoms with Gasteiger partial charge in [-0.3, -0.25) is 9.59 Å². The van der Waals surface area contributed by atoms with Crippen LogP contribution in [0.15, 0.2) is 35.5 Å². The number of methoxy groups -OCH3 is 2. The summed E-state index contributed by atoms with van der Waals surface area (Å²) in [5.41, 5.74) is 0.783. The molecule has 0 bridgehead atoms. The minimum atomic E-state index is -1.40. The van der Waals surface area contributed by atoms with Gasteiger partial charge < -0.3 is 9.47 Å². The average Bonchev–Trinajstić information content (AvgIpc) is 2.99. The molecule has 0 aromatic heterocycles. The molecule has 0 fully saturated rings. The topological polar surface area (TPSA) is 52.6 Å². The second kappa shape index (κ2) is 7.08. The van der Waals surface area contributed by atoms with Crippen LogP contribution in [0.1, 0.15) is 33.1 Å². The maximum absolute atomic E-state index is 12.2. The second-order valence-electron chi connectivity index (χ2n) is 4.88. The van der Waals surface area contributed by atoms with Crippen LogP contribution in [0.4, 0.5) is 0 Å². The summed E-state index contributed by atoms with van der Waals surface area (Å²) in [5.74, 6) is -1.19. The van der Waals surface area contributed by atoms with E-state index in [0.29, 0.717) is 0 Å². The van der Waals surface area contributed by atoms with Crippen molar-refractivity contribution >= 4 is 11.9 Å². The van der Waals surface area contributed by atoms with Crippen molar-refractivity contribution in [2.45, 2.75) is 33.1 Å². The molecule has 0 unspecified atom stereocenters. The summed E-state index contributed by atoms with van der Waals surface area (Å²) in [5, 5.41) is 0. The van der Waals surface area contributed by atoms with Gasteiger partial charge in [-0.05, 0) is 38.7 Å². The normalized spacial score (nSPS) is 17.4. The maximum Gasteiger partial charge on any atom is 0.327 e. The molecule has 0 aromatic rings. The van der Waals surface area contributed by atoms with Gasteiger partial charge in [-0.25, -0.2) is 0 Å². The third-order valence-electron chi connectivity index (χ3n) is 3.54. The Kier molecular flexibility index (Phi) is 5.74. The maximum atomic E-state index is 12.2. The first kappa shape index (κ1) is 16.2. The number of hydrogen-bond donors (Lipinski definition) is 0. The number of carbonyl (C=O) groups is 2. The standard InChI is InChI=1S/C16H22O4/c1-5-10-16(14(17)19-3,15(18)20-4)11-12(2)13-8-6-7-9-13/h5-6,8,10H,7,9,11H2,1-4H3/b10-5+,13-12+. The molecule has 0 N–H and O–H groups in total. The molecule has 110 valence electrons. The third-order valence-corrected chi connectivity index (χ3v) is 3.54. The molecule has 0 radical (unpaired) electrons. The predicted octanol–water partition coefficient (Wildman–Crippen LogP) is 2.95. The fourth-order valence-corrected chi connectivity index (χ4v) is 2.51. The first-order valence-corrected chi connectivity index (χ1v) is 6.67. The zero-order valence-corrected chi connectivity index (χ0v) is 12.6. The lowest BCUT2D eigenvalue weighted by molar-refractivity contribution is -0.165. The highest BCUT2D eigenvalue weighted by atomic mass is 16.5. The number of rotatable bonds is 5. The van der Waals surface area contributed by atoms with Crippen LogP contribution in [0.3, 0.4) is 0 Å². The van der Waals surface area contributed by atoms with Crippen molar-refractivity contribution in [2.75, 3.05) is 14.2 Å². The van der Waals surface area contributed by atoms with Crippen molar-refractivity contribution in [2.24, 2.45) is 5.41 Å². The molecular weight excluding hydrogens is 256 g/mol. The predicted molar refractivity (Wildman–Crippen MR) is 77.0 cm³/mol. The van der Waals surface area contributed by atoms with Crippen molar-refractivity contribution in [3.8, 4) is 0 Å². The fraction of sp³-hybridized carbons (Fsp3) is 0.500. The summed E-state index contributed by atoms with van der Waals surface area (Å²) in [6.45, 7) is 3.70. The molecule has 0 aromatic carbocycles. The first-order valence-electron chi connectivity index (χ1n) is 6.67. The highest BCUT2D eigenvalue weighted by molar-refractivity contribution is 6.02. The van der Waals surface area contributed by atoms with E-state index in [9.17, 15) is 9.59 Å². The molecule has 4 heteroatoms. The van der Waals surface area contributed by atoms with Gasteiger partial charge in [-0.15, -0.1) is 0 Å². The van der Waals surface area contributed by atoms with Gasteiger partial charge in [0.2, 0.25) is 0 Å². The number of ether oxygens (including phenoxy) is 2. The zero-order valence-electron chi connectivity index (χ0n) is 12.6. The van der Waals surface area contributed by atoms with Gasteiger partial charge in [0.15, 0.2) is 5.41 Å². The van der Waals surface area contributed by atoms with Gasteiger partial charge in [0.05, 0.1) is 14.2 Å². The summed E-state index contributed by atoms with van der Waals surface area (Å²) in [6, 6.07) is 0. The van der Waals surface area contributed by atoms with Crippen molar-refractivity contribution < 1.29 is 19.1 Å². The summed E-state index contributed by atoms with van der Waals surface area (Å²) in [7, 11) is 2.56. The summed E-state index contributed by atoms with van der Waals surface area (Å²) in [6.07, 6.45) is 9.59. The minimum absolute atomic E-state index is 0.274. The minimum Gasteiger partial charge on any atom is -0.468 e. The van der Waals surface area contributed by atoms with Crippen molar-refractivity contribution in [3.63, 3.8) is 0 Å². The average molecular weight is 278 g/mol. The number of esters is 2. The molecule has 20 heavy (non-hydrogen) atoms. The fourth-order valence-electron chi connectivity index (χ4n) is 2.51. The molecule has 0 aliphatic heterocycles. The second-order valence-corrected chi connectivity index (χ2v) is 4.88. The van der Waals surface area contributed by atoms with Crippen LogP contribution in [0, 0.1) is 5.41 Å². The van der Waals surface area contributed by atoms with E-state index in [4.69, 9.17) is 9.47 Å². The monoisotopic (exact) mass is 278 g/mol. The molecule has 0 saturated heterocycles. The Bertz CT molecular complexity index is 453. The highest BCUT2D eigenvalue weighted by Crippen LogP contribution is 2.34. The zero-order chi connectivity index (χ0) is 15.2. The lowest BCUT2D eigenvalue weighted by Crippen LogP contribution is -2.40. The van der Waals surface area contributed by atoms with Gasteiger partial charge in [-0.1, -0.05) is 29.9 Å². The van der Waals surface area contributed by atoms with Crippen LogP contribution in [-0.4, -0.2) is 26.2 Å². The Morgan fingerprint density at radius 3 is 2.30 bits per heavy atom. The molecule has 0 heterocycles. The lowest BCUT2D eigenvalue weighted by atomic mass is 9.80. The summed E-state index contributed by atoms with van der Waals surface area (Å²) < 4.78 is 9.65. The number of hydrogen-bond acceptors (Lipinski definition) is 4. The quantitative estimate of drug-likeness (QED) is 0.441. The molecule has 4 nitrogen and oxygen atoms in total. The number of carbonyl (C=O) groups excluding carboxylic acids is 2. The molecule has 1 aliphatic carbocycles. The van der Waals surface area contributed by atoms with Crippen LogP contribution < -0.4 is 0 Å². The molecule has 0 spiro atoms. The highest BCUT2D eigenvalue weighted by Gasteiger charge is 2.46. The van der Waals surface area contributed by atoms with E-state index in [1.54, 1.807) is 19.1 Å². The largest absolute Gasteiger partial charge is 0.468 e. The van der Waals surface area contributed by atoms with Crippen LogP contribution in [0.25, 0.3) is 0 Å². The van der Waals surface area contributed by atoms with Crippen LogP contribution >= 0.6 is 0 Å². The van der Waals surface area contributed by atoms with E-state index in [-0.39, 0.29) is 6.42 Å². The molecule has 0 amide bonds. The van der Waals surface area contributed by atoms with E-state index in [1.807, 2.05) is 13.0 Å². The Hall–Kier alpha value is -1.84. The van der Waals surface area contributed by atoms with E-state index >= 15 is 0 Å². The lowest BCUT2D eigenvalue weighted by Gasteiger charge is -2.26. The van der Waals surface area contributed by atoms with Gasteiger partial charge >= 0.3 is 11.9 Å². The SMILES string of the molecule is C/C=C/C(C/C(C)=C1\C=CCC1)(C(=O)OC)C(=O)OC. The molecule has 1 rings (SSSR count). The first-order chi connectivity index (χ1) is 9.51. The Morgan fingerprint density at radius 2 is 1.90 bits per heavy atom. The third kappa shape index (κ3) is 3.18. The Balaban J connectivity index is 3.22. The summed E-state index contributed by atoms with van der Waals surface area (Å²) >= 11 is 0. The van der Waals surface area contributed by atoms with Gasteiger partial charge in [0.25, 0.3) is 0 Å². The van der Waals surface area contributed by atoms with Crippen molar-refractivity contribution in [1.82, 2.24) is 0 Å².